The first-order chi connectivity index (χ1) is 9.27. The molecule has 0 radical (unpaired) electrons. The third kappa shape index (κ3) is 1.69. The molecule has 0 saturated carbocycles. The molecular weight excluding hydrogens is 272 g/mol. The van der Waals surface area contributed by atoms with Gasteiger partial charge in [-0.25, -0.2) is 19.2 Å². The van der Waals surface area contributed by atoms with Crippen LogP contribution in [0.4, 0.5) is 0 Å². The van der Waals surface area contributed by atoms with Crippen molar-refractivity contribution in [3.05, 3.63) is 33.4 Å². The Hall–Kier alpha value is -2.90. The summed E-state index contributed by atoms with van der Waals surface area (Å²) in [6.07, 6.45) is 0.412. The summed E-state index contributed by atoms with van der Waals surface area (Å²) in [6, 6.07) is 0. The molecule has 0 bridgehead atoms. The zero-order valence-corrected chi connectivity index (χ0v) is 9.84. The number of rotatable bonds is 4. The van der Waals surface area contributed by atoms with Crippen LogP contribution in [0.1, 0.15) is 52.6 Å². The SMILES string of the molecule is O=C(O)c1c2c(c(C(=O)O)c(C(=O)O)c1C(=O)O)CC2. The largest absolute Gasteiger partial charge is 0.478 e. The first-order valence-corrected chi connectivity index (χ1v) is 5.42. The fourth-order valence-electron chi connectivity index (χ4n) is 2.38. The Bertz CT molecular complexity index is 626. The maximum Gasteiger partial charge on any atom is 0.337 e. The van der Waals surface area contributed by atoms with Crippen LogP contribution in [-0.4, -0.2) is 44.3 Å². The number of hydrogen-bond donors (Lipinski definition) is 4. The summed E-state index contributed by atoms with van der Waals surface area (Å²) in [5.41, 5.74) is -3.08. The number of carboxylic acids is 4. The highest BCUT2D eigenvalue weighted by molar-refractivity contribution is 6.15. The van der Waals surface area contributed by atoms with Crippen LogP contribution in [0.5, 0.6) is 0 Å². The smallest absolute Gasteiger partial charge is 0.337 e. The van der Waals surface area contributed by atoms with E-state index in [1.807, 2.05) is 0 Å². The van der Waals surface area contributed by atoms with Crippen LogP contribution in [-0.2, 0) is 12.8 Å². The van der Waals surface area contributed by atoms with Crippen molar-refractivity contribution >= 4 is 23.9 Å². The van der Waals surface area contributed by atoms with Gasteiger partial charge in [0.2, 0.25) is 0 Å². The third-order valence-corrected chi connectivity index (χ3v) is 3.20. The van der Waals surface area contributed by atoms with Crippen molar-refractivity contribution in [3.63, 3.8) is 0 Å². The molecule has 0 spiro atoms. The van der Waals surface area contributed by atoms with Crippen LogP contribution < -0.4 is 0 Å². The Balaban J connectivity index is 3.02. The normalized spacial score (nSPS) is 12.2. The van der Waals surface area contributed by atoms with E-state index in [0.29, 0.717) is 0 Å². The van der Waals surface area contributed by atoms with Gasteiger partial charge >= 0.3 is 23.9 Å². The van der Waals surface area contributed by atoms with E-state index in [0.717, 1.165) is 0 Å². The van der Waals surface area contributed by atoms with Crippen molar-refractivity contribution in [2.45, 2.75) is 12.8 Å². The summed E-state index contributed by atoms with van der Waals surface area (Å²) in [7, 11) is 0. The maximum atomic E-state index is 11.2. The van der Waals surface area contributed by atoms with E-state index in [1.165, 1.54) is 0 Å². The van der Waals surface area contributed by atoms with Gasteiger partial charge in [0.25, 0.3) is 0 Å². The molecule has 0 fully saturated rings. The van der Waals surface area contributed by atoms with Crippen molar-refractivity contribution < 1.29 is 39.6 Å². The van der Waals surface area contributed by atoms with Crippen LogP contribution >= 0.6 is 0 Å². The van der Waals surface area contributed by atoms with Gasteiger partial charge in [-0.3, -0.25) is 0 Å². The molecule has 1 aliphatic carbocycles. The molecule has 8 nitrogen and oxygen atoms in total. The van der Waals surface area contributed by atoms with Crippen LogP contribution in [0.3, 0.4) is 0 Å². The third-order valence-electron chi connectivity index (χ3n) is 3.20. The molecule has 0 saturated heterocycles. The van der Waals surface area contributed by atoms with Gasteiger partial charge in [0.15, 0.2) is 0 Å². The quantitative estimate of drug-likeness (QED) is 0.625. The molecule has 0 atom stereocenters. The van der Waals surface area contributed by atoms with Crippen LogP contribution in [0.15, 0.2) is 0 Å². The van der Waals surface area contributed by atoms with E-state index in [2.05, 4.69) is 0 Å². The molecule has 2 rings (SSSR count). The average molecular weight is 280 g/mol. The Morgan fingerprint density at radius 2 is 0.800 bits per heavy atom. The fourth-order valence-corrected chi connectivity index (χ4v) is 2.38. The minimum atomic E-state index is -1.78. The molecule has 0 amide bonds. The highest BCUT2D eigenvalue weighted by atomic mass is 16.4. The summed E-state index contributed by atoms with van der Waals surface area (Å²) in [5, 5.41) is 36.3. The second kappa shape index (κ2) is 4.34. The van der Waals surface area contributed by atoms with Gasteiger partial charge in [-0.1, -0.05) is 0 Å². The minimum absolute atomic E-state index is 0.0808. The number of carboxylic acid groups (broad SMARTS) is 4. The van der Waals surface area contributed by atoms with E-state index in [9.17, 15) is 19.2 Å². The Morgan fingerprint density at radius 3 is 0.950 bits per heavy atom. The van der Waals surface area contributed by atoms with Crippen LogP contribution in [0, 0.1) is 0 Å². The van der Waals surface area contributed by atoms with Crippen LogP contribution in [0.25, 0.3) is 0 Å². The highest BCUT2D eigenvalue weighted by Crippen LogP contribution is 2.36. The number of benzene rings is 1. The van der Waals surface area contributed by atoms with Crippen molar-refractivity contribution in [3.8, 4) is 0 Å². The lowest BCUT2D eigenvalue weighted by molar-refractivity contribution is 0.0616. The molecule has 0 unspecified atom stereocenters. The Morgan fingerprint density at radius 1 is 0.550 bits per heavy atom. The zero-order valence-electron chi connectivity index (χ0n) is 9.84. The molecule has 0 aromatic heterocycles. The molecule has 104 valence electrons. The molecular formula is C12H8O8. The van der Waals surface area contributed by atoms with Gasteiger partial charge in [-0.15, -0.1) is 0 Å². The summed E-state index contributed by atoms with van der Waals surface area (Å²) in [6.45, 7) is 0. The monoisotopic (exact) mass is 280 g/mol. The molecule has 1 aromatic carbocycles. The number of hydrogen-bond acceptors (Lipinski definition) is 4. The maximum absolute atomic E-state index is 11.2. The number of fused-ring (bicyclic) bond motifs is 1. The lowest BCUT2D eigenvalue weighted by atomic mass is 9.76. The standard InChI is InChI=1S/C12H8O8/c13-9(14)5-3-1-2-4(3)6(10(15)16)8(12(19)20)7(5)11(17)18/h1-2H2,(H,13,14)(H,15,16)(H,17,18)(H,19,20). The Kier molecular flexibility index (Phi) is 2.93. The summed E-state index contributed by atoms with van der Waals surface area (Å²) < 4.78 is 0. The lowest BCUT2D eigenvalue weighted by Gasteiger charge is -2.26. The van der Waals surface area contributed by atoms with E-state index >= 15 is 0 Å². The number of carbonyl (C=O) groups is 4. The number of aromatic carboxylic acids is 4. The molecule has 0 heterocycles. The second-order valence-electron chi connectivity index (χ2n) is 4.18. The van der Waals surface area contributed by atoms with Gasteiger partial charge < -0.3 is 20.4 Å². The molecule has 4 N–H and O–H groups in total. The van der Waals surface area contributed by atoms with Crippen molar-refractivity contribution in [2.24, 2.45) is 0 Å². The second-order valence-corrected chi connectivity index (χ2v) is 4.18. The van der Waals surface area contributed by atoms with E-state index in [1.54, 1.807) is 0 Å². The zero-order chi connectivity index (χ0) is 15.2. The van der Waals surface area contributed by atoms with Gasteiger partial charge in [0, 0.05) is 0 Å². The first kappa shape index (κ1) is 13.5. The molecule has 1 aromatic rings. The van der Waals surface area contributed by atoms with E-state index in [-0.39, 0.29) is 24.0 Å². The summed E-state index contributed by atoms with van der Waals surface area (Å²) >= 11 is 0. The van der Waals surface area contributed by atoms with Crippen molar-refractivity contribution in [1.82, 2.24) is 0 Å². The summed E-state index contributed by atoms with van der Waals surface area (Å²) in [4.78, 5) is 44.8. The minimum Gasteiger partial charge on any atom is -0.478 e. The van der Waals surface area contributed by atoms with Crippen molar-refractivity contribution in [1.29, 1.82) is 0 Å². The molecule has 0 aliphatic heterocycles. The van der Waals surface area contributed by atoms with Gasteiger partial charge in [-0.05, 0) is 24.0 Å². The van der Waals surface area contributed by atoms with E-state index < -0.39 is 46.1 Å². The predicted octanol–water partition coefficient (Wildman–Crippen LogP) is 0.578. The van der Waals surface area contributed by atoms with Gasteiger partial charge in [-0.2, -0.15) is 0 Å². The molecule has 8 heteroatoms. The average Bonchev–Trinajstić information content (AvgIpc) is 2.27. The predicted molar refractivity (Wildman–Crippen MR) is 61.7 cm³/mol. The topological polar surface area (TPSA) is 149 Å². The van der Waals surface area contributed by atoms with E-state index in [4.69, 9.17) is 20.4 Å². The summed E-state index contributed by atoms with van der Waals surface area (Å²) in [5.74, 6) is -6.73. The first-order valence-electron chi connectivity index (χ1n) is 5.42. The van der Waals surface area contributed by atoms with Crippen molar-refractivity contribution in [2.75, 3.05) is 0 Å². The lowest BCUT2D eigenvalue weighted by Crippen LogP contribution is -2.28. The molecule has 20 heavy (non-hydrogen) atoms. The fraction of sp³-hybridized carbons (Fsp3) is 0.167. The van der Waals surface area contributed by atoms with Crippen LogP contribution in [0.2, 0.25) is 0 Å². The molecule has 1 aliphatic rings. The van der Waals surface area contributed by atoms with Gasteiger partial charge in [0.1, 0.15) is 0 Å². The highest BCUT2D eigenvalue weighted by Gasteiger charge is 2.38. The van der Waals surface area contributed by atoms with Gasteiger partial charge in [0.05, 0.1) is 22.3 Å². The Labute approximate surface area is 110 Å².